The SMILES string of the molecule is COc1cc(C(=O)Nc2ccc(C(=O)NN3C(=O)/C(=C/c4ccccc4O)N=C3C)cc2)cc(OC)c1OC. The summed E-state index contributed by atoms with van der Waals surface area (Å²) < 4.78 is 15.9. The molecule has 0 saturated carbocycles. The van der Waals surface area contributed by atoms with Crippen LogP contribution in [0.2, 0.25) is 0 Å². The minimum absolute atomic E-state index is 0.00517. The number of aliphatic imine (C=N–C) groups is 1. The van der Waals surface area contributed by atoms with E-state index in [2.05, 4.69) is 15.7 Å². The smallest absolute Gasteiger partial charge is 0.296 e. The first-order valence-corrected chi connectivity index (χ1v) is 11.7. The van der Waals surface area contributed by atoms with Crippen molar-refractivity contribution in [3.63, 3.8) is 0 Å². The zero-order valence-corrected chi connectivity index (χ0v) is 21.6. The van der Waals surface area contributed by atoms with E-state index in [1.54, 1.807) is 37.3 Å². The number of aromatic hydroxyl groups is 1. The molecule has 3 N–H and O–H groups in total. The molecule has 1 aliphatic rings. The number of nitrogens with zero attached hydrogens (tertiary/aromatic N) is 2. The van der Waals surface area contributed by atoms with Crippen molar-refractivity contribution in [1.82, 2.24) is 10.4 Å². The van der Waals surface area contributed by atoms with Crippen LogP contribution in [0.15, 0.2) is 71.4 Å². The van der Waals surface area contributed by atoms with Crippen molar-refractivity contribution in [1.29, 1.82) is 0 Å². The van der Waals surface area contributed by atoms with Gasteiger partial charge in [0.2, 0.25) is 5.75 Å². The van der Waals surface area contributed by atoms with Crippen LogP contribution in [0.5, 0.6) is 23.0 Å². The van der Waals surface area contributed by atoms with Crippen LogP contribution in [0.4, 0.5) is 5.69 Å². The Bertz CT molecular complexity index is 1470. The molecule has 0 bridgehead atoms. The lowest BCUT2D eigenvalue weighted by molar-refractivity contribution is -0.124. The number of para-hydroxylation sites is 1. The summed E-state index contributed by atoms with van der Waals surface area (Å²) in [4.78, 5) is 42.7. The molecule has 1 aliphatic heterocycles. The number of hydrazine groups is 1. The minimum Gasteiger partial charge on any atom is -0.507 e. The zero-order valence-electron chi connectivity index (χ0n) is 21.6. The quantitative estimate of drug-likeness (QED) is 0.378. The van der Waals surface area contributed by atoms with Crippen LogP contribution in [-0.2, 0) is 4.79 Å². The molecule has 39 heavy (non-hydrogen) atoms. The number of carbonyl (C=O) groups excluding carboxylic acids is 3. The van der Waals surface area contributed by atoms with Gasteiger partial charge in [0.1, 0.15) is 17.3 Å². The Morgan fingerprint density at radius 1 is 0.897 bits per heavy atom. The average Bonchev–Trinajstić information content (AvgIpc) is 3.20. The molecule has 0 fully saturated rings. The number of amidine groups is 1. The fraction of sp³-hybridized carbons (Fsp3) is 0.143. The van der Waals surface area contributed by atoms with Crippen molar-refractivity contribution >= 4 is 35.3 Å². The summed E-state index contributed by atoms with van der Waals surface area (Å²) in [5.74, 6) is -0.211. The number of anilines is 1. The predicted octanol–water partition coefficient (Wildman–Crippen LogP) is 3.62. The van der Waals surface area contributed by atoms with Gasteiger partial charge in [0.25, 0.3) is 17.7 Å². The van der Waals surface area contributed by atoms with Gasteiger partial charge < -0.3 is 24.6 Å². The van der Waals surface area contributed by atoms with E-state index in [4.69, 9.17) is 14.2 Å². The number of phenols is 1. The van der Waals surface area contributed by atoms with E-state index in [1.807, 2.05) is 0 Å². The van der Waals surface area contributed by atoms with Gasteiger partial charge in [0, 0.05) is 22.4 Å². The largest absolute Gasteiger partial charge is 0.507 e. The van der Waals surface area contributed by atoms with Gasteiger partial charge in [0.05, 0.1) is 21.3 Å². The van der Waals surface area contributed by atoms with Crippen molar-refractivity contribution in [2.24, 2.45) is 4.99 Å². The van der Waals surface area contributed by atoms with Crippen molar-refractivity contribution in [3.8, 4) is 23.0 Å². The minimum atomic E-state index is -0.552. The van der Waals surface area contributed by atoms with Gasteiger partial charge in [-0.05, 0) is 55.5 Å². The summed E-state index contributed by atoms with van der Waals surface area (Å²) in [7, 11) is 4.38. The molecule has 0 aliphatic carbocycles. The van der Waals surface area contributed by atoms with E-state index in [0.717, 1.165) is 5.01 Å². The van der Waals surface area contributed by atoms with Gasteiger partial charge in [-0.2, -0.15) is 0 Å². The van der Waals surface area contributed by atoms with Crippen molar-refractivity contribution in [3.05, 3.63) is 83.1 Å². The van der Waals surface area contributed by atoms with Crippen LogP contribution < -0.4 is 25.0 Å². The number of phenolic OH excluding ortho intramolecular Hbond substituents is 1. The Morgan fingerprint density at radius 3 is 2.13 bits per heavy atom. The molecular formula is C28H26N4O7. The molecule has 0 atom stereocenters. The fourth-order valence-corrected chi connectivity index (χ4v) is 3.80. The lowest BCUT2D eigenvalue weighted by Gasteiger charge is -2.17. The molecule has 0 spiro atoms. The number of benzene rings is 3. The first-order valence-electron chi connectivity index (χ1n) is 11.7. The molecule has 0 saturated heterocycles. The number of hydrogen-bond donors (Lipinski definition) is 3. The van der Waals surface area contributed by atoms with E-state index in [-0.39, 0.29) is 28.4 Å². The van der Waals surface area contributed by atoms with Crippen LogP contribution in [0.25, 0.3) is 6.08 Å². The molecule has 11 nitrogen and oxygen atoms in total. The summed E-state index contributed by atoms with van der Waals surface area (Å²) in [6, 6.07) is 15.7. The van der Waals surface area contributed by atoms with Gasteiger partial charge in [-0.1, -0.05) is 18.2 Å². The maximum atomic E-state index is 12.8. The van der Waals surface area contributed by atoms with Crippen molar-refractivity contribution in [2.75, 3.05) is 26.6 Å². The highest BCUT2D eigenvalue weighted by Crippen LogP contribution is 2.38. The number of nitrogens with one attached hydrogen (secondary N) is 2. The van der Waals surface area contributed by atoms with Gasteiger partial charge in [0.15, 0.2) is 11.5 Å². The molecule has 0 aromatic heterocycles. The third kappa shape index (κ3) is 5.67. The second-order valence-electron chi connectivity index (χ2n) is 8.27. The van der Waals surface area contributed by atoms with E-state index in [0.29, 0.717) is 28.5 Å². The number of rotatable bonds is 8. The lowest BCUT2D eigenvalue weighted by Crippen LogP contribution is -2.46. The molecule has 3 amide bonds. The monoisotopic (exact) mass is 530 g/mol. The van der Waals surface area contributed by atoms with Gasteiger partial charge >= 0.3 is 0 Å². The van der Waals surface area contributed by atoms with Gasteiger partial charge in [-0.3, -0.25) is 19.8 Å². The summed E-state index contributed by atoms with van der Waals surface area (Å²) in [6.07, 6.45) is 1.44. The van der Waals surface area contributed by atoms with Gasteiger partial charge in [-0.15, -0.1) is 0 Å². The second-order valence-corrected chi connectivity index (χ2v) is 8.27. The second kappa shape index (κ2) is 11.4. The number of methoxy groups -OCH3 is 3. The fourth-order valence-electron chi connectivity index (χ4n) is 3.80. The Morgan fingerprint density at radius 2 is 1.54 bits per heavy atom. The van der Waals surface area contributed by atoms with Crippen LogP contribution in [0.1, 0.15) is 33.2 Å². The van der Waals surface area contributed by atoms with Crippen molar-refractivity contribution in [2.45, 2.75) is 6.92 Å². The summed E-state index contributed by atoms with van der Waals surface area (Å²) in [6.45, 7) is 1.58. The summed E-state index contributed by atoms with van der Waals surface area (Å²) in [5, 5.41) is 13.8. The average molecular weight is 531 g/mol. The molecule has 1 heterocycles. The van der Waals surface area contributed by atoms with E-state index >= 15 is 0 Å². The maximum Gasteiger partial charge on any atom is 0.296 e. The molecule has 11 heteroatoms. The Hall–Kier alpha value is -5.32. The number of carbonyl (C=O) groups is 3. The summed E-state index contributed by atoms with van der Waals surface area (Å²) in [5.41, 5.74) is 3.99. The topological polar surface area (TPSA) is 139 Å². The highest BCUT2D eigenvalue weighted by Gasteiger charge is 2.29. The van der Waals surface area contributed by atoms with Crippen LogP contribution >= 0.6 is 0 Å². The van der Waals surface area contributed by atoms with E-state index in [9.17, 15) is 19.5 Å². The number of ether oxygens (including phenoxy) is 3. The molecule has 200 valence electrons. The first kappa shape index (κ1) is 26.7. The van der Waals surface area contributed by atoms with Crippen molar-refractivity contribution < 1.29 is 33.7 Å². The van der Waals surface area contributed by atoms with E-state index in [1.165, 1.54) is 57.7 Å². The number of hydrogen-bond acceptors (Lipinski definition) is 8. The molecule has 3 aromatic rings. The molecular weight excluding hydrogens is 504 g/mol. The number of amides is 3. The maximum absolute atomic E-state index is 12.8. The zero-order chi connectivity index (χ0) is 28.1. The third-order valence-corrected chi connectivity index (χ3v) is 5.80. The Kier molecular flexibility index (Phi) is 7.80. The Labute approximate surface area is 224 Å². The first-order chi connectivity index (χ1) is 18.7. The van der Waals surface area contributed by atoms with Crippen LogP contribution in [0.3, 0.4) is 0 Å². The third-order valence-electron chi connectivity index (χ3n) is 5.80. The van der Waals surface area contributed by atoms with Crippen LogP contribution in [-0.4, -0.2) is 55.0 Å². The molecule has 3 aromatic carbocycles. The predicted molar refractivity (Wildman–Crippen MR) is 144 cm³/mol. The molecule has 0 unspecified atom stereocenters. The lowest BCUT2D eigenvalue weighted by atomic mass is 10.1. The summed E-state index contributed by atoms with van der Waals surface area (Å²) >= 11 is 0. The standard InChI is InChI=1S/C28H26N4O7/c1-16-29-21(13-18-7-5-6-8-22(18)33)28(36)32(16)31-27(35)17-9-11-20(12-10-17)30-26(34)19-14-23(37-2)25(39-4)24(15-19)38-3/h5-15,33H,1-4H3,(H,30,34)(H,31,35)/b21-13-. The molecule has 4 rings (SSSR count). The van der Waals surface area contributed by atoms with Gasteiger partial charge in [-0.25, -0.2) is 10.0 Å². The highest BCUT2D eigenvalue weighted by molar-refractivity contribution is 6.15. The normalized spacial score (nSPS) is 13.6. The molecule has 0 radical (unpaired) electrons. The highest BCUT2D eigenvalue weighted by atomic mass is 16.5. The van der Waals surface area contributed by atoms with E-state index < -0.39 is 17.7 Å². The van der Waals surface area contributed by atoms with Crippen LogP contribution in [0, 0.1) is 0 Å². The Balaban J connectivity index is 1.43.